The van der Waals surface area contributed by atoms with Crippen LogP contribution in [-0.4, -0.2) is 17.0 Å². The number of anilines is 2. The van der Waals surface area contributed by atoms with Crippen molar-refractivity contribution in [2.24, 2.45) is 0 Å². The van der Waals surface area contributed by atoms with Gasteiger partial charge in [-0.2, -0.15) is 0 Å². The highest BCUT2D eigenvalue weighted by atomic mass is 32.1. The molecule has 4 N–H and O–H groups in total. The summed E-state index contributed by atoms with van der Waals surface area (Å²) in [6, 6.07) is 7.90. The molecule has 1 aromatic heterocycles. The van der Waals surface area contributed by atoms with Crippen LogP contribution < -0.4 is 11.1 Å². The van der Waals surface area contributed by atoms with Gasteiger partial charge in [0.15, 0.2) is 0 Å². The van der Waals surface area contributed by atoms with Crippen molar-refractivity contribution >= 4 is 34.6 Å². The number of carboxylic acids is 1. The van der Waals surface area contributed by atoms with Gasteiger partial charge in [-0.3, -0.25) is 4.79 Å². The van der Waals surface area contributed by atoms with Crippen molar-refractivity contribution in [3.8, 4) is 0 Å². The first-order chi connectivity index (χ1) is 9.51. The standard InChI is InChI=1S/C14H14N2O3S/c1-2-9-4-6-12(20-9)13(17)16-11-5-3-8(14(18)19)7-10(11)15/h3-7H,2,15H2,1H3,(H,16,17)(H,18,19). The summed E-state index contributed by atoms with van der Waals surface area (Å²) in [5.41, 5.74) is 6.47. The quantitative estimate of drug-likeness (QED) is 0.755. The lowest BCUT2D eigenvalue weighted by molar-refractivity contribution is 0.0697. The third-order valence-corrected chi connectivity index (χ3v) is 4.01. The highest BCUT2D eigenvalue weighted by Gasteiger charge is 2.12. The third-order valence-electron chi connectivity index (χ3n) is 2.78. The number of amides is 1. The largest absolute Gasteiger partial charge is 0.478 e. The van der Waals surface area contributed by atoms with Gasteiger partial charge >= 0.3 is 5.97 Å². The van der Waals surface area contributed by atoms with E-state index in [0.29, 0.717) is 10.6 Å². The van der Waals surface area contributed by atoms with Crippen molar-refractivity contribution in [3.05, 3.63) is 45.6 Å². The Balaban J connectivity index is 2.17. The molecule has 2 aromatic rings. The van der Waals surface area contributed by atoms with Crippen LogP contribution in [0.5, 0.6) is 0 Å². The van der Waals surface area contributed by atoms with Gasteiger partial charge in [-0.25, -0.2) is 4.79 Å². The fourth-order valence-corrected chi connectivity index (χ4v) is 2.53. The minimum absolute atomic E-state index is 0.0879. The van der Waals surface area contributed by atoms with Crippen LogP contribution in [0.3, 0.4) is 0 Å². The summed E-state index contributed by atoms with van der Waals surface area (Å²) in [5.74, 6) is -1.30. The van der Waals surface area contributed by atoms with Gasteiger partial charge in [0.05, 0.1) is 21.8 Å². The first-order valence-electron chi connectivity index (χ1n) is 6.04. The van der Waals surface area contributed by atoms with Crippen molar-refractivity contribution in [2.75, 3.05) is 11.1 Å². The van der Waals surface area contributed by atoms with Gasteiger partial charge in [0, 0.05) is 4.88 Å². The van der Waals surface area contributed by atoms with Crippen LogP contribution in [0.2, 0.25) is 0 Å². The van der Waals surface area contributed by atoms with Gasteiger partial charge in [0.2, 0.25) is 0 Å². The number of benzene rings is 1. The van der Waals surface area contributed by atoms with E-state index < -0.39 is 5.97 Å². The average molecular weight is 290 g/mol. The monoisotopic (exact) mass is 290 g/mol. The molecule has 0 atom stereocenters. The molecule has 104 valence electrons. The summed E-state index contributed by atoms with van der Waals surface area (Å²) >= 11 is 1.43. The van der Waals surface area contributed by atoms with Crippen LogP contribution in [0.15, 0.2) is 30.3 Å². The molecule has 1 aromatic carbocycles. The fourth-order valence-electron chi connectivity index (χ4n) is 1.68. The number of nitrogen functional groups attached to an aromatic ring is 1. The van der Waals surface area contributed by atoms with E-state index in [9.17, 15) is 9.59 Å². The molecule has 0 aliphatic heterocycles. The zero-order valence-electron chi connectivity index (χ0n) is 10.8. The maximum absolute atomic E-state index is 12.0. The van der Waals surface area contributed by atoms with Gasteiger partial charge in [0.1, 0.15) is 0 Å². The lowest BCUT2D eigenvalue weighted by atomic mass is 10.1. The summed E-state index contributed by atoms with van der Waals surface area (Å²) in [6.45, 7) is 2.02. The molecule has 0 aliphatic rings. The van der Waals surface area contributed by atoms with Crippen molar-refractivity contribution < 1.29 is 14.7 Å². The van der Waals surface area contributed by atoms with E-state index >= 15 is 0 Å². The SMILES string of the molecule is CCc1ccc(C(=O)Nc2ccc(C(=O)O)cc2N)s1. The van der Waals surface area contributed by atoms with Crippen LogP contribution in [0, 0.1) is 0 Å². The number of carbonyl (C=O) groups is 2. The Morgan fingerprint density at radius 1 is 1.30 bits per heavy atom. The number of thiophene rings is 1. The molecule has 2 rings (SSSR count). The highest BCUT2D eigenvalue weighted by molar-refractivity contribution is 7.14. The van der Waals surface area contributed by atoms with Crippen molar-refractivity contribution in [1.29, 1.82) is 0 Å². The van der Waals surface area contributed by atoms with E-state index in [2.05, 4.69) is 5.32 Å². The number of hydrogen-bond donors (Lipinski definition) is 3. The third kappa shape index (κ3) is 2.97. The van der Waals surface area contributed by atoms with Gasteiger partial charge < -0.3 is 16.2 Å². The van der Waals surface area contributed by atoms with Crippen LogP contribution in [0.1, 0.15) is 31.8 Å². The number of nitrogens with two attached hydrogens (primary N) is 1. The lowest BCUT2D eigenvalue weighted by Gasteiger charge is -2.07. The molecule has 1 heterocycles. The Labute approximate surface area is 120 Å². The number of aromatic carboxylic acids is 1. The van der Waals surface area contributed by atoms with E-state index in [0.717, 1.165) is 11.3 Å². The molecule has 0 bridgehead atoms. The topological polar surface area (TPSA) is 92.4 Å². The lowest BCUT2D eigenvalue weighted by Crippen LogP contribution is -2.12. The second kappa shape index (κ2) is 5.75. The number of carbonyl (C=O) groups excluding carboxylic acids is 1. The fraction of sp³-hybridized carbons (Fsp3) is 0.143. The maximum atomic E-state index is 12.0. The average Bonchev–Trinajstić information content (AvgIpc) is 2.89. The molecule has 0 aliphatic carbocycles. The molecule has 20 heavy (non-hydrogen) atoms. The van der Waals surface area contributed by atoms with E-state index in [4.69, 9.17) is 10.8 Å². The number of aryl methyl sites for hydroxylation is 1. The summed E-state index contributed by atoms with van der Waals surface area (Å²) in [5, 5.41) is 11.5. The van der Waals surface area contributed by atoms with E-state index in [1.165, 1.54) is 29.5 Å². The molecule has 6 heteroatoms. The Kier molecular flexibility index (Phi) is 4.05. The molecule has 0 unspecified atom stereocenters. The molecule has 5 nitrogen and oxygen atoms in total. The molecular weight excluding hydrogens is 276 g/mol. The first-order valence-corrected chi connectivity index (χ1v) is 6.85. The van der Waals surface area contributed by atoms with Crippen LogP contribution >= 0.6 is 11.3 Å². The molecule has 0 saturated carbocycles. The number of nitrogens with one attached hydrogen (secondary N) is 1. The predicted molar refractivity (Wildman–Crippen MR) is 79.5 cm³/mol. The highest BCUT2D eigenvalue weighted by Crippen LogP contribution is 2.23. The Morgan fingerprint density at radius 2 is 2.05 bits per heavy atom. The normalized spacial score (nSPS) is 10.2. The summed E-state index contributed by atoms with van der Waals surface area (Å²) in [6.07, 6.45) is 0.882. The smallest absolute Gasteiger partial charge is 0.335 e. The molecule has 0 fully saturated rings. The summed E-state index contributed by atoms with van der Waals surface area (Å²) < 4.78 is 0. The number of hydrogen-bond acceptors (Lipinski definition) is 4. The van der Waals surface area contributed by atoms with Crippen molar-refractivity contribution in [1.82, 2.24) is 0 Å². The van der Waals surface area contributed by atoms with Crippen LogP contribution in [0.4, 0.5) is 11.4 Å². The van der Waals surface area contributed by atoms with E-state index in [1.807, 2.05) is 13.0 Å². The summed E-state index contributed by atoms with van der Waals surface area (Å²) in [7, 11) is 0. The van der Waals surface area contributed by atoms with Crippen LogP contribution in [-0.2, 0) is 6.42 Å². The molecule has 0 radical (unpaired) electrons. The van der Waals surface area contributed by atoms with E-state index in [-0.39, 0.29) is 17.2 Å². The number of rotatable bonds is 4. The molecule has 1 amide bonds. The van der Waals surface area contributed by atoms with Crippen LogP contribution in [0.25, 0.3) is 0 Å². The zero-order valence-corrected chi connectivity index (χ0v) is 11.7. The zero-order chi connectivity index (χ0) is 14.7. The Hall–Kier alpha value is -2.34. The van der Waals surface area contributed by atoms with Gasteiger partial charge in [0.25, 0.3) is 5.91 Å². The summed E-state index contributed by atoms with van der Waals surface area (Å²) in [4.78, 5) is 24.6. The predicted octanol–water partition coefficient (Wildman–Crippen LogP) is 2.84. The Morgan fingerprint density at radius 3 is 2.60 bits per heavy atom. The molecule has 0 spiro atoms. The second-order valence-corrected chi connectivity index (χ2v) is 5.35. The maximum Gasteiger partial charge on any atom is 0.335 e. The van der Waals surface area contributed by atoms with Crippen molar-refractivity contribution in [3.63, 3.8) is 0 Å². The Bertz CT molecular complexity index is 664. The van der Waals surface area contributed by atoms with Crippen molar-refractivity contribution in [2.45, 2.75) is 13.3 Å². The first kappa shape index (κ1) is 14.1. The molecule has 0 saturated heterocycles. The minimum atomic E-state index is -1.06. The second-order valence-electron chi connectivity index (χ2n) is 4.18. The number of carboxylic acid groups (broad SMARTS) is 1. The van der Waals surface area contributed by atoms with Gasteiger partial charge in [-0.05, 0) is 36.8 Å². The van der Waals surface area contributed by atoms with Gasteiger partial charge in [-0.1, -0.05) is 6.92 Å². The van der Waals surface area contributed by atoms with Gasteiger partial charge in [-0.15, -0.1) is 11.3 Å². The molecular formula is C14H14N2O3S. The minimum Gasteiger partial charge on any atom is -0.478 e. The van der Waals surface area contributed by atoms with E-state index in [1.54, 1.807) is 6.07 Å².